The Kier molecular flexibility index (Phi) is 2.18. The van der Waals surface area contributed by atoms with Crippen LogP contribution in [0.3, 0.4) is 0 Å². The minimum Gasteiger partial charge on any atom is -0.490 e. The fourth-order valence-electron chi connectivity index (χ4n) is 2.23. The fourth-order valence-corrected chi connectivity index (χ4v) is 2.23. The number of ether oxygens (including phenoxy) is 2. The van der Waals surface area contributed by atoms with Gasteiger partial charge in [0.25, 0.3) is 0 Å². The second-order valence-corrected chi connectivity index (χ2v) is 3.95. The minimum atomic E-state index is -1.27. The summed E-state index contributed by atoms with van der Waals surface area (Å²) in [7, 11) is 0. The van der Waals surface area contributed by atoms with E-state index < -0.39 is 6.16 Å². The van der Waals surface area contributed by atoms with Crippen molar-refractivity contribution in [3.8, 4) is 5.75 Å². The van der Waals surface area contributed by atoms with E-state index in [4.69, 9.17) is 14.6 Å². The maximum atomic E-state index is 10.5. The van der Waals surface area contributed by atoms with Crippen molar-refractivity contribution in [2.75, 3.05) is 18.1 Å². The zero-order valence-electron chi connectivity index (χ0n) is 9.05. The van der Waals surface area contributed by atoms with Crippen LogP contribution in [-0.2, 0) is 11.2 Å². The Balaban J connectivity index is 2.00. The van der Waals surface area contributed by atoms with Crippen molar-refractivity contribution >= 4 is 11.8 Å². The predicted molar refractivity (Wildman–Crippen MR) is 60.2 cm³/mol. The Labute approximate surface area is 97.9 Å². The Morgan fingerprint density at radius 1 is 1.47 bits per heavy atom. The van der Waals surface area contributed by atoms with Crippen LogP contribution in [0.25, 0.3) is 0 Å². The van der Waals surface area contributed by atoms with Gasteiger partial charge in [0.15, 0.2) is 0 Å². The summed E-state index contributed by atoms with van der Waals surface area (Å²) < 4.78 is 10.3. The molecule has 2 aliphatic rings. The number of carbonyl (C=O) groups is 1. The van der Waals surface area contributed by atoms with Gasteiger partial charge in [-0.15, -0.1) is 0 Å². The molecule has 0 spiro atoms. The topological polar surface area (TPSA) is 59.0 Å². The molecule has 0 bridgehead atoms. The Bertz CT molecular complexity index is 509. The average Bonchev–Trinajstić information content (AvgIpc) is 2.28. The highest BCUT2D eigenvalue weighted by atomic mass is 16.7. The van der Waals surface area contributed by atoms with Crippen molar-refractivity contribution in [3.63, 3.8) is 0 Å². The van der Waals surface area contributed by atoms with E-state index in [1.54, 1.807) is 6.20 Å². The van der Waals surface area contributed by atoms with E-state index in [9.17, 15) is 4.79 Å². The molecular weight excluding hydrogens is 222 g/mol. The van der Waals surface area contributed by atoms with Gasteiger partial charge < -0.3 is 19.5 Å². The Hall–Kier alpha value is -2.17. The van der Waals surface area contributed by atoms with Crippen molar-refractivity contribution < 1.29 is 19.4 Å². The van der Waals surface area contributed by atoms with Gasteiger partial charge in [0.1, 0.15) is 18.1 Å². The normalized spacial score (nSPS) is 16.7. The number of allylic oxidation sites excluding steroid dienone is 1. The van der Waals surface area contributed by atoms with Gasteiger partial charge >= 0.3 is 6.16 Å². The molecule has 0 saturated carbocycles. The zero-order valence-corrected chi connectivity index (χ0v) is 9.05. The SMILES string of the molecule is O=C(O)OC1=CN2CCOc3cccc(c32)C1. The molecule has 0 aliphatic carbocycles. The maximum Gasteiger partial charge on any atom is 0.511 e. The maximum absolute atomic E-state index is 10.5. The van der Waals surface area contributed by atoms with Gasteiger partial charge in [-0.1, -0.05) is 12.1 Å². The first-order chi connectivity index (χ1) is 8.24. The molecule has 0 atom stereocenters. The second kappa shape index (κ2) is 3.69. The first kappa shape index (κ1) is 10.0. The smallest absolute Gasteiger partial charge is 0.490 e. The lowest BCUT2D eigenvalue weighted by Crippen LogP contribution is -2.32. The molecule has 1 aromatic carbocycles. The van der Waals surface area contributed by atoms with Crippen LogP contribution in [0.4, 0.5) is 10.5 Å². The summed E-state index contributed by atoms with van der Waals surface area (Å²) in [5.74, 6) is 1.29. The molecule has 5 nitrogen and oxygen atoms in total. The number of benzene rings is 1. The van der Waals surface area contributed by atoms with E-state index in [1.807, 2.05) is 23.1 Å². The van der Waals surface area contributed by atoms with Gasteiger partial charge in [0, 0.05) is 12.6 Å². The van der Waals surface area contributed by atoms with E-state index in [2.05, 4.69) is 0 Å². The van der Waals surface area contributed by atoms with E-state index in [1.165, 1.54) is 0 Å². The first-order valence-corrected chi connectivity index (χ1v) is 5.37. The summed E-state index contributed by atoms with van der Waals surface area (Å²) in [5, 5.41) is 8.63. The van der Waals surface area contributed by atoms with Crippen LogP contribution >= 0.6 is 0 Å². The molecule has 88 valence electrons. The lowest BCUT2D eigenvalue weighted by molar-refractivity contribution is 0.116. The van der Waals surface area contributed by atoms with E-state index in [-0.39, 0.29) is 0 Å². The van der Waals surface area contributed by atoms with Crippen LogP contribution in [0, 0.1) is 0 Å². The summed E-state index contributed by atoms with van der Waals surface area (Å²) in [6.45, 7) is 1.30. The van der Waals surface area contributed by atoms with Gasteiger partial charge in [-0.3, -0.25) is 0 Å². The number of anilines is 1. The molecule has 0 amide bonds. The Morgan fingerprint density at radius 3 is 3.18 bits per heavy atom. The molecule has 0 saturated heterocycles. The molecule has 0 radical (unpaired) electrons. The summed E-state index contributed by atoms with van der Waals surface area (Å²) in [4.78, 5) is 12.5. The molecular formula is C12H11NO4. The highest BCUT2D eigenvalue weighted by molar-refractivity contribution is 5.70. The standard InChI is InChI=1S/C12H11NO4/c14-12(15)17-9-6-8-2-1-3-10-11(8)13(7-9)4-5-16-10/h1-3,7H,4-6H2,(H,14,15). The summed E-state index contributed by atoms with van der Waals surface area (Å²) in [5.41, 5.74) is 2.05. The minimum absolute atomic E-state index is 0.448. The van der Waals surface area contributed by atoms with Gasteiger partial charge in [0.2, 0.25) is 0 Å². The van der Waals surface area contributed by atoms with Crippen LogP contribution in [0.1, 0.15) is 5.56 Å². The third-order valence-corrected chi connectivity index (χ3v) is 2.84. The number of para-hydroxylation sites is 1. The van der Waals surface area contributed by atoms with Crippen molar-refractivity contribution in [2.45, 2.75) is 6.42 Å². The second-order valence-electron chi connectivity index (χ2n) is 3.95. The largest absolute Gasteiger partial charge is 0.511 e. The van der Waals surface area contributed by atoms with Crippen molar-refractivity contribution in [1.29, 1.82) is 0 Å². The third-order valence-electron chi connectivity index (χ3n) is 2.84. The summed E-state index contributed by atoms with van der Waals surface area (Å²) >= 11 is 0. The van der Waals surface area contributed by atoms with Gasteiger partial charge in [0.05, 0.1) is 12.2 Å². The van der Waals surface area contributed by atoms with Crippen molar-refractivity contribution in [2.24, 2.45) is 0 Å². The molecule has 17 heavy (non-hydrogen) atoms. The fraction of sp³-hybridized carbons (Fsp3) is 0.250. The third kappa shape index (κ3) is 1.69. The lowest BCUT2D eigenvalue weighted by atomic mass is 10.0. The zero-order chi connectivity index (χ0) is 11.8. The number of rotatable bonds is 1. The molecule has 0 fully saturated rings. The quantitative estimate of drug-likeness (QED) is 0.751. The van der Waals surface area contributed by atoms with Crippen LogP contribution in [0.5, 0.6) is 5.75 Å². The molecule has 1 aromatic rings. The van der Waals surface area contributed by atoms with Crippen LogP contribution < -0.4 is 9.64 Å². The summed E-state index contributed by atoms with van der Waals surface area (Å²) in [6, 6.07) is 5.78. The van der Waals surface area contributed by atoms with Gasteiger partial charge in [-0.05, 0) is 11.6 Å². The lowest BCUT2D eigenvalue weighted by Gasteiger charge is -2.33. The average molecular weight is 233 g/mol. The molecule has 3 rings (SSSR count). The highest BCUT2D eigenvalue weighted by Gasteiger charge is 2.26. The summed E-state index contributed by atoms with van der Waals surface area (Å²) in [6.07, 6.45) is 0.946. The van der Waals surface area contributed by atoms with Crippen molar-refractivity contribution in [1.82, 2.24) is 0 Å². The number of hydrogen-bond acceptors (Lipinski definition) is 4. The Morgan fingerprint density at radius 2 is 2.35 bits per heavy atom. The van der Waals surface area contributed by atoms with Gasteiger partial charge in [-0.25, -0.2) is 4.79 Å². The molecule has 0 unspecified atom stereocenters. The molecule has 5 heteroatoms. The van der Waals surface area contributed by atoms with E-state index in [0.717, 1.165) is 17.0 Å². The molecule has 1 N–H and O–H groups in total. The van der Waals surface area contributed by atoms with Crippen LogP contribution in [0.15, 0.2) is 30.2 Å². The van der Waals surface area contributed by atoms with Crippen molar-refractivity contribution in [3.05, 3.63) is 35.7 Å². The van der Waals surface area contributed by atoms with E-state index in [0.29, 0.717) is 25.3 Å². The van der Waals surface area contributed by atoms with Gasteiger partial charge in [-0.2, -0.15) is 0 Å². The van der Waals surface area contributed by atoms with E-state index >= 15 is 0 Å². The number of hydrogen-bond donors (Lipinski definition) is 1. The number of nitrogens with zero attached hydrogens (tertiary/aromatic N) is 1. The first-order valence-electron chi connectivity index (χ1n) is 5.37. The predicted octanol–water partition coefficient (Wildman–Crippen LogP) is 1.98. The molecule has 2 heterocycles. The molecule has 2 aliphatic heterocycles. The van der Waals surface area contributed by atoms with Crippen LogP contribution in [-0.4, -0.2) is 24.4 Å². The monoisotopic (exact) mass is 233 g/mol. The molecule has 0 aromatic heterocycles. The highest BCUT2D eigenvalue weighted by Crippen LogP contribution is 2.39. The van der Waals surface area contributed by atoms with Crippen LogP contribution in [0.2, 0.25) is 0 Å². The number of carboxylic acid groups (broad SMARTS) is 1.